The number of carbonyl (C=O) groups excluding carboxylic acids is 1. The molecule has 1 aromatic heterocycles. The molecule has 110 valence electrons. The van der Waals surface area contributed by atoms with E-state index in [1.165, 1.54) is 5.56 Å². The molecule has 0 bridgehead atoms. The summed E-state index contributed by atoms with van der Waals surface area (Å²) in [7, 11) is 1.85. The summed E-state index contributed by atoms with van der Waals surface area (Å²) in [5, 5.41) is 0.722. The fourth-order valence-corrected chi connectivity index (χ4v) is 2.19. The number of pyridine rings is 1. The molecular formula is C17H19ClN2O. The first kappa shape index (κ1) is 15.5. The van der Waals surface area contributed by atoms with Gasteiger partial charge in [-0.1, -0.05) is 23.7 Å². The van der Waals surface area contributed by atoms with Gasteiger partial charge in [0.25, 0.3) is 0 Å². The van der Waals surface area contributed by atoms with Crippen LogP contribution >= 0.6 is 11.6 Å². The Balaban J connectivity index is 1.76. The third-order valence-electron chi connectivity index (χ3n) is 3.45. The number of likely N-dealkylation sites (N-methyl/N-ethyl adjacent to an activating group) is 1. The van der Waals surface area contributed by atoms with Gasteiger partial charge in [-0.15, -0.1) is 0 Å². The van der Waals surface area contributed by atoms with Crippen molar-refractivity contribution < 1.29 is 4.79 Å². The molecule has 1 heterocycles. The van der Waals surface area contributed by atoms with E-state index in [1.807, 2.05) is 43.4 Å². The Morgan fingerprint density at radius 1 is 1.05 bits per heavy atom. The monoisotopic (exact) mass is 302 g/mol. The van der Waals surface area contributed by atoms with Gasteiger partial charge in [-0.05, 0) is 48.2 Å². The number of carbonyl (C=O) groups is 1. The minimum absolute atomic E-state index is 0.166. The zero-order valence-electron chi connectivity index (χ0n) is 12.1. The smallest absolute Gasteiger partial charge is 0.222 e. The molecule has 0 aliphatic rings. The van der Waals surface area contributed by atoms with Crippen molar-refractivity contribution in [2.24, 2.45) is 0 Å². The lowest BCUT2D eigenvalue weighted by Crippen LogP contribution is -2.29. The lowest BCUT2D eigenvalue weighted by Gasteiger charge is -2.17. The van der Waals surface area contributed by atoms with Gasteiger partial charge in [0.15, 0.2) is 0 Å². The molecule has 21 heavy (non-hydrogen) atoms. The van der Waals surface area contributed by atoms with Crippen molar-refractivity contribution in [3.8, 4) is 0 Å². The SMILES string of the molecule is CN(CCc1ccncc1)C(=O)CCc1ccc(Cl)cc1. The molecule has 1 aromatic carbocycles. The van der Waals surface area contributed by atoms with Crippen LogP contribution in [0.5, 0.6) is 0 Å². The molecule has 0 fully saturated rings. The van der Waals surface area contributed by atoms with Crippen LogP contribution in [0, 0.1) is 0 Å². The topological polar surface area (TPSA) is 33.2 Å². The van der Waals surface area contributed by atoms with E-state index in [9.17, 15) is 4.79 Å². The summed E-state index contributed by atoms with van der Waals surface area (Å²) in [4.78, 5) is 17.9. The Hall–Kier alpha value is -1.87. The molecule has 2 aromatic rings. The second-order valence-corrected chi connectivity index (χ2v) is 5.48. The van der Waals surface area contributed by atoms with Crippen LogP contribution in [0.1, 0.15) is 17.5 Å². The number of amides is 1. The van der Waals surface area contributed by atoms with Gasteiger partial charge in [0, 0.05) is 37.4 Å². The molecule has 1 amide bonds. The van der Waals surface area contributed by atoms with Crippen LogP contribution in [0.2, 0.25) is 5.02 Å². The molecule has 0 aliphatic carbocycles. The van der Waals surface area contributed by atoms with Crippen molar-refractivity contribution in [2.75, 3.05) is 13.6 Å². The molecule has 0 aliphatic heterocycles. The highest BCUT2D eigenvalue weighted by Crippen LogP contribution is 2.11. The van der Waals surface area contributed by atoms with E-state index in [-0.39, 0.29) is 5.91 Å². The van der Waals surface area contributed by atoms with E-state index in [1.54, 1.807) is 17.3 Å². The first-order valence-electron chi connectivity index (χ1n) is 7.02. The van der Waals surface area contributed by atoms with Crippen molar-refractivity contribution in [2.45, 2.75) is 19.3 Å². The van der Waals surface area contributed by atoms with Gasteiger partial charge in [-0.25, -0.2) is 0 Å². The predicted molar refractivity (Wildman–Crippen MR) is 85.4 cm³/mol. The summed E-state index contributed by atoms with van der Waals surface area (Å²) in [6.07, 6.45) is 5.67. The summed E-state index contributed by atoms with van der Waals surface area (Å²) in [6, 6.07) is 11.6. The fraction of sp³-hybridized carbons (Fsp3) is 0.294. The number of aryl methyl sites for hydroxylation is 1. The third kappa shape index (κ3) is 5.20. The predicted octanol–water partition coefficient (Wildman–Crippen LogP) is 3.37. The first-order chi connectivity index (χ1) is 10.1. The van der Waals surface area contributed by atoms with Crippen molar-refractivity contribution in [3.05, 3.63) is 64.9 Å². The molecule has 0 saturated carbocycles. The molecule has 0 saturated heterocycles. The number of benzene rings is 1. The van der Waals surface area contributed by atoms with Crippen molar-refractivity contribution in [1.82, 2.24) is 9.88 Å². The number of hydrogen-bond acceptors (Lipinski definition) is 2. The quantitative estimate of drug-likeness (QED) is 0.819. The summed E-state index contributed by atoms with van der Waals surface area (Å²) in [5.74, 6) is 0.166. The molecule has 0 unspecified atom stereocenters. The molecule has 0 spiro atoms. The lowest BCUT2D eigenvalue weighted by atomic mass is 10.1. The highest BCUT2D eigenvalue weighted by molar-refractivity contribution is 6.30. The molecular weight excluding hydrogens is 284 g/mol. The number of rotatable bonds is 6. The average molecular weight is 303 g/mol. The zero-order chi connectivity index (χ0) is 15.1. The summed E-state index contributed by atoms with van der Waals surface area (Å²) >= 11 is 5.84. The van der Waals surface area contributed by atoms with E-state index in [0.717, 1.165) is 30.0 Å². The highest BCUT2D eigenvalue weighted by atomic mass is 35.5. The van der Waals surface area contributed by atoms with Gasteiger partial charge < -0.3 is 4.90 Å². The van der Waals surface area contributed by atoms with Crippen LogP contribution in [0.4, 0.5) is 0 Å². The molecule has 2 rings (SSSR count). The lowest BCUT2D eigenvalue weighted by molar-refractivity contribution is -0.129. The van der Waals surface area contributed by atoms with Gasteiger partial charge >= 0.3 is 0 Å². The summed E-state index contributed by atoms with van der Waals surface area (Å²) < 4.78 is 0. The molecule has 0 N–H and O–H groups in total. The molecule has 0 radical (unpaired) electrons. The fourth-order valence-electron chi connectivity index (χ4n) is 2.06. The number of nitrogens with zero attached hydrogens (tertiary/aromatic N) is 2. The minimum atomic E-state index is 0.166. The van der Waals surface area contributed by atoms with E-state index in [4.69, 9.17) is 11.6 Å². The van der Waals surface area contributed by atoms with Gasteiger partial charge in [0.1, 0.15) is 0 Å². The first-order valence-corrected chi connectivity index (χ1v) is 7.40. The maximum Gasteiger partial charge on any atom is 0.222 e. The van der Waals surface area contributed by atoms with Crippen LogP contribution in [0.15, 0.2) is 48.8 Å². The second-order valence-electron chi connectivity index (χ2n) is 5.05. The van der Waals surface area contributed by atoms with Gasteiger partial charge in [0.05, 0.1) is 0 Å². The summed E-state index contributed by atoms with van der Waals surface area (Å²) in [6.45, 7) is 0.726. The Labute approximate surface area is 130 Å². The van der Waals surface area contributed by atoms with E-state index in [2.05, 4.69) is 4.98 Å². The van der Waals surface area contributed by atoms with Crippen LogP contribution < -0.4 is 0 Å². The Bertz CT molecular complexity index is 569. The van der Waals surface area contributed by atoms with Crippen LogP contribution in [0.25, 0.3) is 0 Å². The van der Waals surface area contributed by atoms with Crippen LogP contribution in [-0.2, 0) is 17.6 Å². The largest absolute Gasteiger partial charge is 0.345 e. The Morgan fingerprint density at radius 3 is 2.33 bits per heavy atom. The standard InChI is InChI=1S/C17H19ClN2O/c1-20(13-10-15-8-11-19-12-9-15)17(21)7-4-14-2-5-16(18)6-3-14/h2-3,5-6,8-9,11-12H,4,7,10,13H2,1H3. The molecule has 0 atom stereocenters. The molecule has 4 heteroatoms. The van der Waals surface area contributed by atoms with E-state index < -0.39 is 0 Å². The minimum Gasteiger partial charge on any atom is -0.345 e. The van der Waals surface area contributed by atoms with Crippen molar-refractivity contribution >= 4 is 17.5 Å². The van der Waals surface area contributed by atoms with Crippen molar-refractivity contribution in [1.29, 1.82) is 0 Å². The normalized spacial score (nSPS) is 10.4. The maximum absolute atomic E-state index is 12.1. The van der Waals surface area contributed by atoms with Gasteiger partial charge in [0.2, 0.25) is 5.91 Å². The highest BCUT2D eigenvalue weighted by Gasteiger charge is 2.08. The average Bonchev–Trinajstić information content (AvgIpc) is 2.52. The van der Waals surface area contributed by atoms with Crippen molar-refractivity contribution in [3.63, 3.8) is 0 Å². The van der Waals surface area contributed by atoms with Gasteiger partial charge in [-0.2, -0.15) is 0 Å². The van der Waals surface area contributed by atoms with E-state index >= 15 is 0 Å². The van der Waals surface area contributed by atoms with E-state index in [0.29, 0.717) is 6.42 Å². The Kier molecular flexibility index (Phi) is 5.76. The van der Waals surface area contributed by atoms with Crippen LogP contribution in [-0.4, -0.2) is 29.4 Å². The Morgan fingerprint density at radius 2 is 1.67 bits per heavy atom. The number of aromatic nitrogens is 1. The van der Waals surface area contributed by atoms with Crippen LogP contribution in [0.3, 0.4) is 0 Å². The zero-order valence-corrected chi connectivity index (χ0v) is 12.9. The number of hydrogen-bond donors (Lipinski definition) is 0. The molecule has 3 nitrogen and oxygen atoms in total. The second kappa shape index (κ2) is 7.79. The van der Waals surface area contributed by atoms with Gasteiger partial charge in [-0.3, -0.25) is 9.78 Å². The number of halogens is 1. The third-order valence-corrected chi connectivity index (χ3v) is 3.70. The summed E-state index contributed by atoms with van der Waals surface area (Å²) in [5.41, 5.74) is 2.33. The maximum atomic E-state index is 12.1.